The van der Waals surface area contributed by atoms with Crippen molar-refractivity contribution in [2.75, 3.05) is 6.54 Å². The summed E-state index contributed by atoms with van der Waals surface area (Å²) in [7, 11) is 0. The van der Waals surface area contributed by atoms with E-state index in [9.17, 15) is 9.18 Å². The first-order chi connectivity index (χ1) is 7.63. The average Bonchev–Trinajstić information content (AvgIpc) is 2.26. The molecule has 0 bridgehead atoms. The van der Waals surface area contributed by atoms with Crippen LogP contribution in [0.25, 0.3) is 6.08 Å². The Balaban J connectivity index is 2.68. The van der Waals surface area contributed by atoms with E-state index in [2.05, 4.69) is 5.32 Å². The van der Waals surface area contributed by atoms with Gasteiger partial charge in [-0.05, 0) is 17.7 Å². The molecule has 0 saturated heterocycles. The number of rotatable bonds is 4. The minimum atomic E-state index is -0.295. The van der Waals surface area contributed by atoms with E-state index in [4.69, 9.17) is 5.73 Å². The van der Waals surface area contributed by atoms with E-state index < -0.39 is 0 Å². The lowest BCUT2D eigenvalue weighted by Gasteiger charge is -2.01. The summed E-state index contributed by atoms with van der Waals surface area (Å²) in [5.41, 5.74) is 6.82. The van der Waals surface area contributed by atoms with E-state index in [-0.39, 0.29) is 11.7 Å². The average molecular weight is 222 g/mol. The lowest BCUT2D eigenvalue weighted by Crippen LogP contribution is -2.19. The van der Waals surface area contributed by atoms with Crippen LogP contribution in [0.15, 0.2) is 24.3 Å². The van der Waals surface area contributed by atoms with Gasteiger partial charge in [0.15, 0.2) is 0 Å². The van der Waals surface area contributed by atoms with Crippen LogP contribution in [-0.2, 0) is 11.3 Å². The molecule has 86 valence electrons. The quantitative estimate of drug-likeness (QED) is 0.809. The van der Waals surface area contributed by atoms with Gasteiger partial charge in [0.1, 0.15) is 5.82 Å². The molecule has 0 fully saturated rings. The largest absolute Gasteiger partial charge is 0.353 e. The predicted octanol–water partition coefficient (Wildman–Crippen LogP) is 1.43. The first kappa shape index (κ1) is 12.4. The Kier molecular flexibility index (Phi) is 4.66. The maximum atomic E-state index is 13.3. The molecule has 0 spiro atoms. The fourth-order valence-electron chi connectivity index (χ4n) is 1.24. The third kappa shape index (κ3) is 3.82. The Bertz CT molecular complexity index is 402. The fourth-order valence-corrected chi connectivity index (χ4v) is 1.24. The number of carbonyl (C=O) groups excluding carboxylic acids is 1. The lowest BCUT2D eigenvalue weighted by molar-refractivity contribution is -0.118. The molecule has 0 aliphatic carbocycles. The summed E-state index contributed by atoms with van der Waals surface area (Å²) >= 11 is 0. The first-order valence-corrected chi connectivity index (χ1v) is 5.03. The van der Waals surface area contributed by atoms with Gasteiger partial charge in [-0.25, -0.2) is 4.39 Å². The molecule has 0 aliphatic rings. The third-order valence-corrected chi connectivity index (χ3v) is 2.06. The predicted molar refractivity (Wildman–Crippen MR) is 62.0 cm³/mol. The van der Waals surface area contributed by atoms with E-state index in [1.54, 1.807) is 24.3 Å². The van der Waals surface area contributed by atoms with Gasteiger partial charge in [0.2, 0.25) is 5.91 Å². The van der Waals surface area contributed by atoms with Crippen LogP contribution in [0.1, 0.15) is 18.1 Å². The zero-order valence-corrected chi connectivity index (χ0v) is 9.16. The molecule has 1 aromatic rings. The molecular weight excluding hydrogens is 207 g/mol. The second-order valence-corrected chi connectivity index (χ2v) is 3.40. The van der Waals surface area contributed by atoms with Gasteiger partial charge in [-0.15, -0.1) is 0 Å². The molecule has 0 saturated carbocycles. The van der Waals surface area contributed by atoms with Crippen LogP contribution < -0.4 is 11.1 Å². The zero-order chi connectivity index (χ0) is 12.0. The molecule has 1 rings (SSSR count). The number of carbonyl (C=O) groups is 1. The summed E-state index contributed by atoms with van der Waals surface area (Å²) in [5, 5.41) is 2.59. The highest BCUT2D eigenvalue weighted by molar-refractivity contribution is 5.73. The Hall–Kier alpha value is -1.68. The normalized spacial score (nSPS) is 10.7. The Labute approximate surface area is 94.1 Å². The van der Waals surface area contributed by atoms with Crippen molar-refractivity contribution in [3.05, 3.63) is 41.2 Å². The topological polar surface area (TPSA) is 55.1 Å². The van der Waals surface area contributed by atoms with Crippen molar-refractivity contribution in [1.29, 1.82) is 0 Å². The van der Waals surface area contributed by atoms with Crippen molar-refractivity contribution < 1.29 is 9.18 Å². The molecule has 0 heterocycles. The van der Waals surface area contributed by atoms with Crippen LogP contribution in [0.4, 0.5) is 4.39 Å². The number of hydrogen-bond acceptors (Lipinski definition) is 2. The molecule has 1 amide bonds. The number of halogens is 1. The van der Waals surface area contributed by atoms with Crippen molar-refractivity contribution in [3.8, 4) is 0 Å². The van der Waals surface area contributed by atoms with Gasteiger partial charge in [-0.1, -0.05) is 18.2 Å². The molecule has 3 nitrogen and oxygen atoms in total. The maximum Gasteiger partial charge on any atom is 0.217 e. The number of amides is 1. The van der Waals surface area contributed by atoms with Crippen molar-refractivity contribution in [3.63, 3.8) is 0 Å². The summed E-state index contributed by atoms with van der Waals surface area (Å²) in [5.74, 6) is -0.405. The van der Waals surface area contributed by atoms with Gasteiger partial charge in [-0.2, -0.15) is 0 Å². The van der Waals surface area contributed by atoms with Gasteiger partial charge in [0.25, 0.3) is 0 Å². The Morgan fingerprint density at radius 2 is 2.31 bits per heavy atom. The molecule has 3 N–H and O–H groups in total. The molecular formula is C12H15FN2O. The number of nitrogens with one attached hydrogen (secondary N) is 1. The fraction of sp³-hybridized carbons (Fsp3) is 0.250. The van der Waals surface area contributed by atoms with Crippen LogP contribution >= 0.6 is 0 Å². The highest BCUT2D eigenvalue weighted by atomic mass is 19.1. The molecule has 0 atom stereocenters. The monoisotopic (exact) mass is 222 g/mol. The standard InChI is InChI=1S/C12H15FN2O/c1-9(16)15-6-2-3-11-7-10(8-14)4-5-12(11)13/h2-5,7H,6,8,14H2,1H3,(H,15,16). The van der Waals surface area contributed by atoms with Crippen LogP contribution in [0.5, 0.6) is 0 Å². The second kappa shape index (κ2) is 6.02. The molecule has 1 aromatic carbocycles. The van der Waals surface area contributed by atoms with E-state index in [0.717, 1.165) is 5.56 Å². The summed E-state index contributed by atoms with van der Waals surface area (Å²) in [6.45, 7) is 2.21. The van der Waals surface area contributed by atoms with Gasteiger partial charge in [0, 0.05) is 25.6 Å². The summed E-state index contributed by atoms with van der Waals surface area (Å²) in [6, 6.07) is 4.74. The van der Waals surface area contributed by atoms with Crippen molar-refractivity contribution in [2.45, 2.75) is 13.5 Å². The Morgan fingerprint density at radius 3 is 2.94 bits per heavy atom. The van der Waals surface area contributed by atoms with Crippen molar-refractivity contribution in [2.24, 2.45) is 5.73 Å². The molecule has 0 aromatic heterocycles. The minimum absolute atomic E-state index is 0.110. The Morgan fingerprint density at radius 1 is 1.56 bits per heavy atom. The second-order valence-electron chi connectivity index (χ2n) is 3.40. The molecule has 0 aliphatic heterocycles. The summed E-state index contributed by atoms with van der Waals surface area (Å²) < 4.78 is 13.3. The van der Waals surface area contributed by atoms with E-state index in [0.29, 0.717) is 18.7 Å². The SMILES string of the molecule is CC(=O)NCC=Cc1cc(CN)ccc1F. The van der Waals surface area contributed by atoms with Crippen LogP contribution in [0.3, 0.4) is 0 Å². The van der Waals surface area contributed by atoms with Gasteiger partial charge >= 0.3 is 0 Å². The van der Waals surface area contributed by atoms with Gasteiger partial charge in [0.05, 0.1) is 0 Å². The van der Waals surface area contributed by atoms with E-state index in [1.807, 2.05) is 0 Å². The number of benzene rings is 1. The van der Waals surface area contributed by atoms with Gasteiger partial charge < -0.3 is 11.1 Å². The van der Waals surface area contributed by atoms with Crippen molar-refractivity contribution in [1.82, 2.24) is 5.32 Å². The lowest BCUT2D eigenvalue weighted by atomic mass is 10.1. The van der Waals surface area contributed by atoms with Crippen LogP contribution in [0, 0.1) is 5.82 Å². The summed E-state index contributed by atoms with van der Waals surface area (Å²) in [4.78, 5) is 10.6. The smallest absolute Gasteiger partial charge is 0.217 e. The highest BCUT2D eigenvalue weighted by Crippen LogP contribution is 2.11. The van der Waals surface area contributed by atoms with Crippen LogP contribution in [-0.4, -0.2) is 12.5 Å². The third-order valence-electron chi connectivity index (χ3n) is 2.06. The van der Waals surface area contributed by atoms with Gasteiger partial charge in [-0.3, -0.25) is 4.79 Å². The van der Waals surface area contributed by atoms with E-state index >= 15 is 0 Å². The van der Waals surface area contributed by atoms with Crippen LogP contribution in [0.2, 0.25) is 0 Å². The number of hydrogen-bond donors (Lipinski definition) is 2. The minimum Gasteiger partial charge on any atom is -0.353 e. The number of nitrogens with two attached hydrogens (primary N) is 1. The first-order valence-electron chi connectivity index (χ1n) is 5.03. The summed E-state index contributed by atoms with van der Waals surface area (Å²) in [6.07, 6.45) is 3.32. The molecule has 16 heavy (non-hydrogen) atoms. The molecule has 4 heteroatoms. The highest BCUT2D eigenvalue weighted by Gasteiger charge is 1.99. The zero-order valence-electron chi connectivity index (χ0n) is 9.16. The molecule has 0 radical (unpaired) electrons. The molecule has 0 unspecified atom stereocenters. The van der Waals surface area contributed by atoms with Crippen molar-refractivity contribution >= 4 is 12.0 Å². The van der Waals surface area contributed by atoms with E-state index in [1.165, 1.54) is 13.0 Å². The maximum absolute atomic E-state index is 13.3.